The Morgan fingerprint density at radius 2 is 1.51 bits per heavy atom. The molecule has 0 aliphatic heterocycles. The molecule has 0 aliphatic carbocycles. The number of alkyl halides is 3. The number of ether oxygens (including phenoxy) is 1. The van der Waals surface area contributed by atoms with Gasteiger partial charge in [-0.05, 0) is 52.3 Å². The fraction of sp³-hybridized carbons (Fsp3) is 0.231. The maximum absolute atomic E-state index is 13.7. The monoisotopic (exact) mass is 612 g/mol. The summed E-state index contributed by atoms with van der Waals surface area (Å²) in [6.45, 7) is 0.862. The first-order valence-electron chi connectivity index (χ1n) is 11.3. The molecule has 1 aromatic heterocycles. The number of rotatable bonds is 10. The molecule has 0 amide bonds. The molecule has 4 rings (SSSR count). The average Bonchev–Trinajstić information content (AvgIpc) is 3.18. The lowest BCUT2D eigenvalue weighted by atomic mass is 10.2. The highest BCUT2D eigenvalue weighted by atomic mass is 79.9. The predicted octanol–water partition coefficient (Wildman–Crippen LogP) is 7.03. The minimum atomic E-state index is -4.80. The van der Waals surface area contributed by atoms with Gasteiger partial charge < -0.3 is 9.64 Å². The van der Waals surface area contributed by atoms with Crippen molar-refractivity contribution in [2.45, 2.75) is 19.5 Å². The fourth-order valence-corrected chi connectivity index (χ4v) is 7.73. The van der Waals surface area contributed by atoms with Gasteiger partial charge in [0, 0.05) is 23.2 Å². The summed E-state index contributed by atoms with van der Waals surface area (Å²) in [7, 11) is -1.95. The Morgan fingerprint density at radius 3 is 2.16 bits per heavy atom. The van der Waals surface area contributed by atoms with Crippen LogP contribution in [0, 0.1) is 0 Å². The zero-order chi connectivity index (χ0) is 26.6. The lowest BCUT2D eigenvalue weighted by Gasteiger charge is -2.25. The molecule has 0 saturated heterocycles. The second-order valence-corrected chi connectivity index (χ2v) is 12.3. The summed E-state index contributed by atoms with van der Waals surface area (Å²) in [5.74, 6) is -0.497. The van der Waals surface area contributed by atoms with Crippen LogP contribution in [-0.4, -0.2) is 39.0 Å². The summed E-state index contributed by atoms with van der Waals surface area (Å²) in [6, 6.07) is 22.6. The van der Waals surface area contributed by atoms with E-state index in [-0.39, 0.29) is 18.0 Å². The van der Waals surface area contributed by atoms with Gasteiger partial charge in [0.15, 0.2) is 0 Å². The average molecular weight is 614 g/mol. The maximum atomic E-state index is 13.7. The number of hydrogen-bond acceptors (Lipinski definition) is 5. The number of sulfonamides is 1. The lowest BCUT2D eigenvalue weighted by molar-refractivity contribution is -0.274. The summed E-state index contributed by atoms with van der Waals surface area (Å²) in [6.07, 6.45) is -4.80. The van der Waals surface area contributed by atoms with Gasteiger partial charge in [0.2, 0.25) is 10.0 Å². The first kappa shape index (κ1) is 27.4. The maximum Gasteiger partial charge on any atom is 0.573 e. The first-order valence-corrected chi connectivity index (χ1v) is 14.5. The minimum absolute atomic E-state index is 0.0392. The van der Waals surface area contributed by atoms with E-state index >= 15 is 0 Å². The van der Waals surface area contributed by atoms with Gasteiger partial charge in [0.1, 0.15) is 10.8 Å². The Kier molecular flexibility index (Phi) is 8.47. The van der Waals surface area contributed by atoms with E-state index in [1.807, 2.05) is 66.5 Å². The van der Waals surface area contributed by atoms with Crippen LogP contribution in [0.2, 0.25) is 0 Å². The van der Waals surface area contributed by atoms with Crippen molar-refractivity contribution >= 4 is 52.4 Å². The van der Waals surface area contributed by atoms with E-state index in [1.54, 1.807) is 0 Å². The van der Waals surface area contributed by atoms with Crippen LogP contribution in [0.15, 0.2) is 83.3 Å². The summed E-state index contributed by atoms with van der Waals surface area (Å²) >= 11 is 4.91. The summed E-state index contributed by atoms with van der Waals surface area (Å²) in [4.78, 5) is 1.94. The van der Waals surface area contributed by atoms with Crippen molar-refractivity contribution in [1.82, 2.24) is 4.90 Å². The molecule has 0 fully saturated rings. The SMILES string of the molecule is CN(CCS(=O)(=O)N(Cc1ccc(OC(F)(F)F)cc1)c1sc2ccccc2c1Br)Cc1ccccc1. The number of anilines is 1. The third kappa shape index (κ3) is 7.25. The van der Waals surface area contributed by atoms with Crippen LogP contribution in [0.1, 0.15) is 11.1 Å². The van der Waals surface area contributed by atoms with E-state index in [0.29, 0.717) is 28.1 Å². The smallest absolute Gasteiger partial charge is 0.406 e. The topological polar surface area (TPSA) is 49.9 Å². The van der Waals surface area contributed by atoms with Crippen LogP contribution in [0.3, 0.4) is 0 Å². The number of fused-ring (bicyclic) bond motifs is 1. The van der Waals surface area contributed by atoms with Crippen LogP contribution < -0.4 is 9.04 Å². The predicted molar refractivity (Wildman–Crippen MR) is 145 cm³/mol. The molecule has 1 heterocycles. The zero-order valence-electron chi connectivity index (χ0n) is 19.8. The molecule has 0 atom stereocenters. The summed E-state index contributed by atoms with van der Waals surface area (Å²) in [5, 5.41) is 1.40. The van der Waals surface area contributed by atoms with E-state index in [2.05, 4.69) is 20.7 Å². The number of halogens is 4. The van der Waals surface area contributed by atoms with Crippen LogP contribution in [-0.2, 0) is 23.1 Å². The Bertz CT molecular complexity index is 1440. The second kappa shape index (κ2) is 11.4. The Labute approximate surface area is 226 Å². The van der Waals surface area contributed by atoms with E-state index in [4.69, 9.17) is 0 Å². The van der Waals surface area contributed by atoms with Crippen LogP contribution in [0.25, 0.3) is 10.1 Å². The molecule has 0 unspecified atom stereocenters. The molecular formula is C26H24BrF3N2O3S2. The Balaban J connectivity index is 1.59. The quantitative estimate of drug-likeness (QED) is 0.193. The van der Waals surface area contributed by atoms with Gasteiger partial charge in [-0.1, -0.05) is 60.7 Å². The molecule has 11 heteroatoms. The van der Waals surface area contributed by atoms with Gasteiger partial charge in [-0.3, -0.25) is 4.31 Å². The van der Waals surface area contributed by atoms with Gasteiger partial charge in [-0.2, -0.15) is 0 Å². The second-order valence-electron chi connectivity index (χ2n) is 8.46. The molecule has 0 aliphatic rings. The molecule has 0 spiro atoms. The normalized spacial score (nSPS) is 12.3. The fourth-order valence-electron chi connectivity index (χ4n) is 3.78. The van der Waals surface area contributed by atoms with E-state index in [9.17, 15) is 21.6 Å². The Hall–Kier alpha value is -2.60. The van der Waals surface area contributed by atoms with Crippen molar-refractivity contribution in [3.05, 3.63) is 94.5 Å². The van der Waals surface area contributed by atoms with Gasteiger partial charge in [0.05, 0.1) is 16.8 Å². The molecule has 5 nitrogen and oxygen atoms in total. The third-order valence-electron chi connectivity index (χ3n) is 5.59. The number of thiophene rings is 1. The van der Waals surface area contributed by atoms with Crippen LogP contribution >= 0.6 is 27.3 Å². The standard InChI is InChI=1S/C26H24BrF3N2O3S2/c1-31(17-19-7-3-2-4-8-19)15-16-37(33,34)32(25-24(27)22-9-5-6-10-23(22)36-25)18-20-11-13-21(14-12-20)35-26(28,29)30/h2-14H,15-18H2,1H3. The van der Waals surface area contributed by atoms with Crippen molar-refractivity contribution in [2.75, 3.05) is 23.7 Å². The highest BCUT2D eigenvalue weighted by Crippen LogP contribution is 2.43. The zero-order valence-corrected chi connectivity index (χ0v) is 23.0. The van der Waals surface area contributed by atoms with Crippen molar-refractivity contribution in [3.63, 3.8) is 0 Å². The van der Waals surface area contributed by atoms with Crippen molar-refractivity contribution in [2.24, 2.45) is 0 Å². The molecule has 37 heavy (non-hydrogen) atoms. The first-order chi connectivity index (χ1) is 17.5. The molecule has 0 radical (unpaired) electrons. The van der Waals surface area contributed by atoms with Crippen LogP contribution in [0.4, 0.5) is 18.2 Å². The largest absolute Gasteiger partial charge is 0.573 e. The van der Waals surface area contributed by atoms with E-state index in [0.717, 1.165) is 15.6 Å². The highest BCUT2D eigenvalue weighted by Gasteiger charge is 2.31. The lowest BCUT2D eigenvalue weighted by Crippen LogP contribution is -2.36. The van der Waals surface area contributed by atoms with Crippen molar-refractivity contribution in [1.29, 1.82) is 0 Å². The molecule has 0 N–H and O–H groups in total. The molecule has 4 aromatic rings. The van der Waals surface area contributed by atoms with E-state index in [1.165, 1.54) is 39.9 Å². The highest BCUT2D eigenvalue weighted by molar-refractivity contribution is 9.10. The number of benzene rings is 3. The summed E-state index contributed by atoms with van der Waals surface area (Å²) < 4.78 is 71.9. The third-order valence-corrected chi connectivity index (χ3v) is 9.65. The molecule has 3 aromatic carbocycles. The Morgan fingerprint density at radius 1 is 0.892 bits per heavy atom. The molecule has 0 bridgehead atoms. The number of nitrogens with zero attached hydrogens (tertiary/aromatic N) is 2. The van der Waals surface area contributed by atoms with Gasteiger partial charge in [-0.25, -0.2) is 8.42 Å². The van der Waals surface area contributed by atoms with Crippen molar-refractivity contribution < 1.29 is 26.3 Å². The van der Waals surface area contributed by atoms with E-state index < -0.39 is 16.4 Å². The van der Waals surface area contributed by atoms with Gasteiger partial charge >= 0.3 is 6.36 Å². The molecule has 196 valence electrons. The number of hydrogen-bond donors (Lipinski definition) is 0. The molecular weight excluding hydrogens is 589 g/mol. The van der Waals surface area contributed by atoms with Crippen LogP contribution in [0.5, 0.6) is 5.75 Å². The van der Waals surface area contributed by atoms with Gasteiger partial charge in [-0.15, -0.1) is 24.5 Å². The minimum Gasteiger partial charge on any atom is -0.406 e. The molecule has 0 saturated carbocycles. The van der Waals surface area contributed by atoms with Crippen molar-refractivity contribution in [3.8, 4) is 5.75 Å². The van der Waals surface area contributed by atoms with Gasteiger partial charge in [0.25, 0.3) is 0 Å². The summed E-state index contributed by atoms with van der Waals surface area (Å²) in [5.41, 5.74) is 1.60.